The van der Waals surface area contributed by atoms with Crippen LogP contribution in [0.25, 0.3) is 10.8 Å². The quantitative estimate of drug-likeness (QED) is 0.407. The van der Waals surface area contributed by atoms with Gasteiger partial charge in [0.05, 0.1) is 24.7 Å². The molecule has 0 fully saturated rings. The van der Waals surface area contributed by atoms with Crippen LogP contribution in [-0.2, 0) is 10.0 Å². The van der Waals surface area contributed by atoms with Crippen molar-refractivity contribution in [2.24, 2.45) is 0 Å². The molecule has 2 N–H and O–H groups in total. The molecule has 0 spiro atoms. The van der Waals surface area contributed by atoms with Crippen LogP contribution in [0.15, 0.2) is 89.8 Å². The highest BCUT2D eigenvalue weighted by Crippen LogP contribution is 2.27. The third kappa shape index (κ3) is 4.91. The van der Waals surface area contributed by atoms with E-state index in [2.05, 4.69) is 10.0 Å². The van der Waals surface area contributed by atoms with E-state index in [1.165, 1.54) is 38.5 Å². The van der Waals surface area contributed by atoms with Crippen molar-refractivity contribution in [3.63, 3.8) is 0 Å². The minimum absolute atomic E-state index is 0.0691. The number of nitrogens with one attached hydrogen (secondary N) is 2. The fraction of sp³-hybridized carbons (Fsp3) is 0.0800. The Morgan fingerprint density at radius 2 is 1.36 bits per heavy atom. The van der Waals surface area contributed by atoms with Gasteiger partial charge in [-0.25, -0.2) is 8.42 Å². The minimum Gasteiger partial charge on any atom is -0.497 e. The molecule has 0 heterocycles. The molecule has 0 aromatic heterocycles. The van der Waals surface area contributed by atoms with E-state index in [0.29, 0.717) is 28.4 Å². The highest BCUT2D eigenvalue weighted by molar-refractivity contribution is 7.92. The largest absolute Gasteiger partial charge is 0.497 e. The Morgan fingerprint density at radius 1 is 0.758 bits per heavy atom. The number of ether oxygens (including phenoxy) is 2. The first-order valence-electron chi connectivity index (χ1n) is 10.0. The van der Waals surface area contributed by atoms with Crippen LogP contribution >= 0.6 is 0 Å². The van der Waals surface area contributed by atoms with Gasteiger partial charge in [0.2, 0.25) is 0 Å². The molecule has 0 aliphatic heterocycles. The van der Waals surface area contributed by atoms with E-state index in [9.17, 15) is 13.2 Å². The molecular weight excluding hydrogens is 440 g/mol. The Balaban J connectivity index is 1.51. The van der Waals surface area contributed by atoms with E-state index in [1.807, 2.05) is 30.3 Å². The van der Waals surface area contributed by atoms with Crippen LogP contribution in [0, 0.1) is 0 Å². The number of sulfonamides is 1. The molecule has 0 radical (unpaired) electrons. The number of amides is 1. The van der Waals surface area contributed by atoms with Crippen LogP contribution in [0.5, 0.6) is 11.5 Å². The van der Waals surface area contributed by atoms with Crippen molar-refractivity contribution in [1.82, 2.24) is 0 Å². The number of methoxy groups -OCH3 is 2. The van der Waals surface area contributed by atoms with Gasteiger partial charge in [0, 0.05) is 11.4 Å². The lowest BCUT2D eigenvalue weighted by Gasteiger charge is -2.12. The van der Waals surface area contributed by atoms with Gasteiger partial charge >= 0.3 is 0 Å². The van der Waals surface area contributed by atoms with E-state index >= 15 is 0 Å². The molecule has 4 rings (SSSR count). The second kappa shape index (κ2) is 9.22. The summed E-state index contributed by atoms with van der Waals surface area (Å²) in [7, 11) is -0.741. The summed E-state index contributed by atoms with van der Waals surface area (Å²) in [4.78, 5) is 12.9. The Bertz CT molecular complexity index is 1400. The molecule has 7 nitrogen and oxygen atoms in total. The van der Waals surface area contributed by atoms with Crippen LogP contribution in [-0.4, -0.2) is 28.5 Å². The molecule has 0 bridgehead atoms. The molecule has 168 valence electrons. The number of hydrogen-bond donors (Lipinski definition) is 2. The second-order valence-corrected chi connectivity index (χ2v) is 8.89. The van der Waals surface area contributed by atoms with Crippen LogP contribution in [0.3, 0.4) is 0 Å². The smallest absolute Gasteiger partial charge is 0.261 e. The van der Waals surface area contributed by atoms with E-state index in [0.717, 1.165) is 10.8 Å². The Morgan fingerprint density at radius 3 is 1.97 bits per heavy atom. The Hall–Kier alpha value is -4.04. The third-order valence-corrected chi connectivity index (χ3v) is 6.47. The number of anilines is 2. The minimum atomic E-state index is -3.79. The molecule has 0 unspecified atom stereocenters. The lowest BCUT2D eigenvalue weighted by Crippen LogP contribution is -2.15. The van der Waals surface area contributed by atoms with Gasteiger partial charge in [-0.2, -0.15) is 0 Å². The van der Waals surface area contributed by atoms with E-state index < -0.39 is 10.0 Å². The molecule has 0 atom stereocenters. The molecule has 8 heteroatoms. The highest BCUT2D eigenvalue weighted by Gasteiger charge is 2.17. The van der Waals surface area contributed by atoms with Crippen LogP contribution < -0.4 is 19.5 Å². The van der Waals surface area contributed by atoms with Crippen molar-refractivity contribution >= 4 is 38.1 Å². The number of carbonyl (C=O) groups is 1. The molecule has 0 aliphatic rings. The van der Waals surface area contributed by atoms with Gasteiger partial charge in [-0.1, -0.05) is 24.3 Å². The van der Waals surface area contributed by atoms with Crippen molar-refractivity contribution in [2.75, 3.05) is 24.3 Å². The lowest BCUT2D eigenvalue weighted by molar-refractivity contribution is 0.102. The van der Waals surface area contributed by atoms with E-state index in [1.54, 1.807) is 30.3 Å². The maximum Gasteiger partial charge on any atom is 0.261 e. The van der Waals surface area contributed by atoms with Gasteiger partial charge in [0.1, 0.15) is 11.5 Å². The summed E-state index contributed by atoms with van der Waals surface area (Å²) in [6, 6.07) is 23.7. The van der Waals surface area contributed by atoms with Crippen molar-refractivity contribution in [1.29, 1.82) is 0 Å². The van der Waals surface area contributed by atoms with Gasteiger partial charge in [-0.05, 0) is 71.4 Å². The molecular formula is C25H22N2O5S. The molecule has 1 amide bonds. The first kappa shape index (κ1) is 22.2. The number of benzene rings is 4. The molecule has 0 aliphatic carbocycles. The summed E-state index contributed by atoms with van der Waals surface area (Å²) in [5, 5.41) is 4.66. The summed E-state index contributed by atoms with van der Waals surface area (Å²) < 4.78 is 38.3. The maximum absolute atomic E-state index is 12.9. The van der Waals surface area contributed by atoms with Crippen LogP contribution in [0.4, 0.5) is 11.4 Å². The number of carbonyl (C=O) groups excluding carboxylic acids is 1. The average molecular weight is 463 g/mol. The monoisotopic (exact) mass is 462 g/mol. The van der Waals surface area contributed by atoms with Crippen LogP contribution in [0.1, 0.15) is 10.4 Å². The van der Waals surface area contributed by atoms with Crippen molar-refractivity contribution in [3.8, 4) is 11.5 Å². The number of hydrogen-bond acceptors (Lipinski definition) is 5. The van der Waals surface area contributed by atoms with Crippen molar-refractivity contribution in [3.05, 3.63) is 90.5 Å². The predicted molar refractivity (Wildman–Crippen MR) is 129 cm³/mol. The predicted octanol–water partition coefficient (Wildman–Crippen LogP) is 4.91. The van der Waals surface area contributed by atoms with Crippen molar-refractivity contribution in [2.45, 2.75) is 4.90 Å². The topological polar surface area (TPSA) is 93.7 Å². The lowest BCUT2D eigenvalue weighted by atomic mass is 10.1. The molecule has 0 saturated heterocycles. The first-order valence-corrected chi connectivity index (χ1v) is 11.5. The zero-order chi connectivity index (χ0) is 23.4. The van der Waals surface area contributed by atoms with Gasteiger partial charge in [0.15, 0.2) is 0 Å². The summed E-state index contributed by atoms with van der Waals surface area (Å²) >= 11 is 0. The maximum atomic E-state index is 12.9. The standard InChI is InChI=1S/C25H22N2O5S/c1-31-21-11-7-20(8-12-21)27-33(29,30)22-13-9-19(10-14-22)26-25(28)23-15-17-5-3-4-6-18(17)16-24(23)32-2/h3-16,27H,1-2H3,(H,26,28). The molecule has 33 heavy (non-hydrogen) atoms. The van der Waals surface area contributed by atoms with Gasteiger partial charge in [-0.3, -0.25) is 9.52 Å². The second-order valence-electron chi connectivity index (χ2n) is 7.21. The van der Waals surface area contributed by atoms with Gasteiger partial charge in [-0.15, -0.1) is 0 Å². The normalized spacial score (nSPS) is 11.1. The summed E-state index contributed by atoms with van der Waals surface area (Å²) in [5.41, 5.74) is 1.25. The zero-order valence-electron chi connectivity index (χ0n) is 18.0. The number of rotatable bonds is 7. The Labute approximate surface area is 192 Å². The molecule has 4 aromatic rings. The van der Waals surface area contributed by atoms with Crippen LogP contribution in [0.2, 0.25) is 0 Å². The van der Waals surface area contributed by atoms with Crippen molar-refractivity contribution < 1.29 is 22.7 Å². The van der Waals surface area contributed by atoms with Gasteiger partial charge < -0.3 is 14.8 Å². The van der Waals surface area contributed by atoms with E-state index in [-0.39, 0.29) is 10.8 Å². The van der Waals surface area contributed by atoms with Gasteiger partial charge in [0.25, 0.3) is 15.9 Å². The summed E-state index contributed by atoms with van der Waals surface area (Å²) in [6.07, 6.45) is 0. The Kier molecular flexibility index (Phi) is 6.19. The fourth-order valence-corrected chi connectivity index (χ4v) is 4.41. The average Bonchev–Trinajstić information content (AvgIpc) is 2.83. The first-order chi connectivity index (χ1) is 15.9. The molecule has 4 aromatic carbocycles. The molecule has 0 saturated carbocycles. The zero-order valence-corrected chi connectivity index (χ0v) is 18.8. The highest BCUT2D eigenvalue weighted by atomic mass is 32.2. The number of fused-ring (bicyclic) bond motifs is 1. The summed E-state index contributed by atoms with van der Waals surface area (Å²) in [6.45, 7) is 0. The fourth-order valence-electron chi connectivity index (χ4n) is 3.35. The SMILES string of the molecule is COc1ccc(NS(=O)(=O)c2ccc(NC(=O)c3cc4ccccc4cc3OC)cc2)cc1. The summed E-state index contributed by atoms with van der Waals surface area (Å²) in [5.74, 6) is 0.722. The third-order valence-electron chi connectivity index (χ3n) is 5.08. The van der Waals surface area contributed by atoms with E-state index in [4.69, 9.17) is 9.47 Å².